The zero-order chi connectivity index (χ0) is 28.9. The maximum atomic E-state index is 13.4. The topological polar surface area (TPSA) is 79.3 Å². The highest BCUT2D eigenvalue weighted by atomic mass is 19.4. The van der Waals surface area contributed by atoms with E-state index in [4.69, 9.17) is 5.10 Å². The van der Waals surface area contributed by atoms with Gasteiger partial charge in [0.15, 0.2) is 0 Å². The van der Waals surface area contributed by atoms with Crippen LogP contribution in [-0.2, 0) is 11.0 Å². The molecule has 40 heavy (non-hydrogen) atoms. The zero-order valence-electron chi connectivity index (χ0n) is 22.4. The van der Waals surface area contributed by atoms with Gasteiger partial charge in [0.25, 0.3) is 0 Å². The van der Waals surface area contributed by atoms with Crippen molar-refractivity contribution in [2.75, 3.05) is 23.7 Å². The van der Waals surface area contributed by atoms with Gasteiger partial charge in [0, 0.05) is 18.2 Å². The minimum atomic E-state index is -4.64. The SMILES string of the molecule is CCCN(CC(=O)Nc1cc(-c2ccccc2)nn1-c1ccc(C)cc1C)C(=O)Nc1ccccc1C(F)(F)F. The van der Waals surface area contributed by atoms with Crippen molar-refractivity contribution >= 4 is 23.4 Å². The van der Waals surface area contributed by atoms with Gasteiger partial charge in [0.1, 0.15) is 12.4 Å². The van der Waals surface area contributed by atoms with Crippen molar-refractivity contribution in [2.24, 2.45) is 0 Å². The number of carbonyl (C=O) groups excluding carboxylic acids is 2. The standard InChI is InChI=1S/C30H30F3N5O2/c1-4-16-37(29(40)34-24-13-9-8-12-23(24)30(31,32)33)19-28(39)35-27-18-25(22-10-6-5-7-11-22)36-38(27)26-15-14-20(2)17-21(26)3/h5-15,17-18H,4,16,19H2,1-3H3,(H,34,40)(H,35,39). The lowest BCUT2D eigenvalue weighted by Crippen LogP contribution is -2.41. The molecule has 0 fully saturated rings. The second-order valence-corrected chi connectivity index (χ2v) is 9.43. The summed E-state index contributed by atoms with van der Waals surface area (Å²) in [6.07, 6.45) is -4.14. The molecule has 0 saturated carbocycles. The van der Waals surface area contributed by atoms with Crippen LogP contribution in [0.5, 0.6) is 0 Å². The molecule has 1 aromatic heterocycles. The Labute approximate surface area is 230 Å². The highest BCUT2D eigenvalue weighted by molar-refractivity contribution is 5.97. The fourth-order valence-corrected chi connectivity index (χ4v) is 4.36. The summed E-state index contributed by atoms with van der Waals surface area (Å²) in [5.41, 5.74) is 2.97. The van der Waals surface area contributed by atoms with Crippen LogP contribution in [0.3, 0.4) is 0 Å². The van der Waals surface area contributed by atoms with Crippen molar-refractivity contribution in [1.82, 2.24) is 14.7 Å². The largest absolute Gasteiger partial charge is 0.418 e. The van der Waals surface area contributed by atoms with Crippen molar-refractivity contribution in [1.29, 1.82) is 0 Å². The summed E-state index contributed by atoms with van der Waals surface area (Å²) in [5, 5.41) is 9.90. The number of nitrogens with zero attached hydrogens (tertiary/aromatic N) is 3. The molecule has 0 atom stereocenters. The van der Waals surface area contributed by atoms with Crippen molar-refractivity contribution in [3.8, 4) is 16.9 Å². The predicted octanol–water partition coefficient (Wildman–Crippen LogP) is 7.06. The molecule has 10 heteroatoms. The van der Waals surface area contributed by atoms with E-state index >= 15 is 0 Å². The number of urea groups is 1. The number of para-hydroxylation sites is 1. The fourth-order valence-electron chi connectivity index (χ4n) is 4.36. The number of hydrogen-bond donors (Lipinski definition) is 2. The second-order valence-electron chi connectivity index (χ2n) is 9.43. The van der Waals surface area contributed by atoms with Gasteiger partial charge in [-0.15, -0.1) is 0 Å². The number of halogens is 3. The summed E-state index contributed by atoms with van der Waals surface area (Å²) >= 11 is 0. The fraction of sp³-hybridized carbons (Fsp3) is 0.233. The van der Waals surface area contributed by atoms with E-state index in [-0.39, 0.29) is 18.8 Å². The van der Waals surface area contributed by atoms with Gasteiger partial charge in [-0.25, -0.2) is 9.48 Å². The molecule has 0 aliphatic heterocycles. The first-order chi connectivity index (χ1) is 19.1. The summed E-state index contributed by atoms with van der Waals surface area (Å²) in [6.45, 7) is 5.54. The molecule has 1 heterocycles. The van der Waals surface area contributed by atoms with Gasteiger partial charge < -0.3 is 15.5 Å². The smallest absolute Gasteiger partial charge is 0.315 e. The number of nitrogens with one attached hydrogen (secondary N) is 2. The summed E-state index contributed by atoms with van der Waals surface area (Å²) in [4.78, 5) is 27.3. The van der Waals surface area contributed by atoms with Crippen LogP contribution >= 0.6 is 0 Å². The van der Waals surface area contributed by atoms with E-state index in [2.05, 4.69) is 10.6 Å². The molecule has 7 nitrogen and oxygen atoms in total. The van der Waals surface area contributed by atoms with Gasteiger partial charge in [0.2, 0.25) is 5.91 Å². The molecular weight excluding hydrogens is 519 g/mol. The van der Waals surface area contributed by atoms with E-state index < -0.39 is 23.7 Å². The van der Waals surface area contributed by atoms with Gasteiger partial charge in [-0.1, -0.05) is 67.1 Å². The first-order valence-corrected chi connectivity index (χ1v) is 12.8. The Morgan fingerprint density at radius 2 is 1.62 bits per heavy atom. The minimum Gasteiger partial charge on any atom is -0.315 e. The van der Waals surface area contributed by atoms with Crippen LogP contribution in [0.1, 0.15) is 30.0 Å². The summed E-state index contributed by atoms with van der Waals surface area (Å²) in [7, 11) is 0. The molecule has 208 valence electrons. The average molecular weight is 550 g/mol. The Hall–Kier alpha value is -4.60. The number of anilines is 2. The molecule has 0 unspecified atom stereocenters. The zero-order valence-corrected chi connectivity index (χ0v) is 22.4. The third kappa shape index (κ3) is 6.69. The summed E-state index contributed by atoms with van der Waals surface area (Å²) in [6, 6.07) is 21.0. The molecule has 0 bridgehead atoms. The molecule has 0 radical (unpaired) electrons. The maximum absolute atomic E-state index is 13.4. The number of alkyl halides is 3. The van der Waals surface area contributed by atoms with Crippen LogP contribution in [0.4, 0.5) is 29.5 Å². The van der Waals surface area contributed by atoms with Gasteiger partial charge in [-0.05, 0) is 44.0 Å². The lowest BCUT2D eigenvalue weighted by atomic mass is 10.1. The Balaban J connectivity index is 1.58. The normalized spacial score (nSPS) is 11.2. The monoisotopic (exact) mass is 549 g/mol. The van der Waals surface area contributed by atoms with Crippen molar-refractivity contribution < 1.29 is 22.8 Å². The molecule has 3 amide bonds. The average Bonchev–Trinajstić information content (AvgIpc) is 3.31. The first-order valence-electron chi connectivity index (χ1n) is 12.8. The molecule has 3 aromatic carbocycles. The van der Waals surface area contributed by atoms with Gasteiger partial charge in [-0.3, -0.25) is 4.79 Å². The third-order valence-corrected chi connectivity index (χ3v) is 6.22. The molecule has 4 aromatic rings. The molecule has 0 saturated heterocycles. The van der Waals surface area contributed by atoms with E-state index in [1.54, 1.807) is 10.7 Å². The lowest BCUT2D eigenvalue weighted by molar-refractivity contribution is -0.137. The Morgan fingerprint density at radius 1 is 0.925 bits per heavy atom. The van der Waals surface area contributed by atoms with Crippen molar-refractivity contribution in [2.45, 2.75) is 33.4 Å². The first kappa shape index (κ1) is 28.4. The number of rotatable bonds is 8. The van der Waals surface area contributed by atoms with Crippen molar-refractivity contribution in [3.63, 3.8) is 0 Å². The number of aryl methyl sites for hydroxylation is 2. The van der Waals surface area contributed by atoms with E-state index in [0.29, 0.717) is 17.9 Å². The van der Waals surface area contributed by atoms with E-state index in [1.165, 1.54) is 23.1 Å². The highest BCUT2D eigenvalue weighted by Gasteiger charge is 2.34. The second kappa shape index (κ2) is 12.1. The van der Waals surface area contributed by atoms with Crippen LogP contribution in [0.25, 0.3) is 16.9 Å². The molecule has 0 aliphatic rings. The number of amides is 3. The van der Waals surface area contributed by atoms with Gasteiger partial charge in [0.05, 0.1) is 22.6 Å². The Morgan fingerprint density at radius 3 is 2.30 bits per heavy atom. The molecular formula is C30H30F3N5O2. The van der Waals surface area contributed by atoms with Crippen LogP contribution in [0, 0.1) is 13.8 Å². The molecule has 0 aliphatic carbocycles. The van der Waals surface area contributed by atoms with E-state index in [9.17, 15) is 22.8 Å². The predicted molar refractivity (Wildman–Crippen MR) is 149 cm³/mol. The van der Waals surface area contributed by atoms with Crippen LogP contribution < -0.4 is 10.6 Å². The quantitative estimate of drug-likeness (QED) is 0.247. The van der Waals surface area contributed by atoms with Gasteiger partial charge >= 0.3 is 12.2 Å². The molecule has 4 rings (SSSR count). The highest BCUT2D eigenvalue weighted by Crippen LogP contribution is 2.34. The number of benzene rings is 3. The Bertz CT molecular complexity index is 1500. The van der Waals surface area contributed by atoms with E-state index in [1.807, 2.05) is 69.3 Å². The number of aromatic nitrogens is 2. The molecule has 2 N–H and O–H groups in total. The number of hydrogen-bond acceptors (Lipinski definition) is 3. The lowest BCUT2D eigenvalue weighted by Gasteiger charge is -2.23. The van der Waals surface area contributed by atoms with Crippen molar-refractivity contribution in [3.05, 3.63) is 95.6 Å². The third-order valence-electron chi connectivity index (χ3n) is 6.22. The maximum Gasteiger partial charge on any atom is 0.418 e. The number of carbonyl (C=O) groups is 2. The minimum absolute atomic E-state index is 0.166. The van der Waals surface area contributed by atoms with Crippen LogP contribution in [0.2, 0.25) is 0 Å². The van der Waals surface area contributed by atoms with Crippen LogP contribution in [0.15, 0.2) is 78.9 Å². The summed E-state index contributed by atoms with van der Waals surface area (Å²) in [5.74, 6) is -0.117. The molecule has 0 spiro atoms. The van der Waals surface area contributed by atoms with E-state index in [0.717, 1.165) is 28.4 Å². The van der Waals surface area contributed by atoms with Gasteiger partial charge in [-0.2, -0.15) is 18.3 Å². The summed E-state index contributed by atoms with van der Waals surface area (Å²) < 4.78 is 41.9. The Kier molecular flexibility index (Phi) is 8.57. The van der Waals surface area contributed by atoms with Crippen LogP contribution in [-0.4, -0.2) is 39.7 Å².